The number of ketones is 2. The van der Waals surface area contributed by atoms with Crippen molar-refractivity contribution in [3.63, 3.8) is 0 Å². The van der Waals surface area contributed by atoms with Crippen LogP contribution in [0.4, 0.5) is 0 Å². The van der Waals surface area contributed by atoms with Gasteiger partial charge in [-0.25, -0.2) is 4.98 Å². The summed E-state index contributed by atoms with van der Waals surface area (Å²) in [6, 6.07) is 15.7. The molecule has 0 atom stereocenters. The van der Waals surface area contributed by atoms with Crippen molar-refractivity contribution in [1.29, 1.82) is 0 Å². The Morgan fingerprint density at radius 1 is 1.04 bits per heavy atom. The van der Waals surface area contributed by atoms with Crippen LogP contribution in [0.25, 0.3) is 5.57 Å². The third-order valence-corrected chi connectivity index (χ3v) is 5.55. The summed E-state index contributed by atoms with van der Waals surface area (Å²) in [5.41, 5.74) is 6.26. The first kappa shape index (κ1) is 17.6. The first-order valence-corrected chi connectivity index (χ1v) is 9.83. The number of benzene rings is 2. The molecule has 0 saturated carbocycles. The van der Waals surface area contributed by atoms with E-state index < -0.39 is 0 Å². The predicted molar refractivity (Wildman–Crippen MR) is 108 cm³/mol. The summed E-state index contributed by atoms with van der Waals surface area (Å²) >= 11 is 1.53. The number of hydrogen-bond donors (Lipinski definition) is 0. The summed E-state index contributed by atoms with van der Waals surface area (Å²) in [5.74, 6) is 0.165. The van der Waals surface area contributed by atoms with Crippen LogP contribution in [0, 0.1) is 0 Å². The number of carbonyl (C=O) groups excluding carboxylic acids is 2. The van der Waals surface area contributed by atoms with Gasteiger partial charge in [0.15, 0.2) is 5.78 Å². The Labute approximate surface area is 162 Å². The van der Waals surface area contributed by atoms with Gasteiger partial charge in [-0.1, -0.05) is 54.6 Å². The number of aromatic nitrogens is 1. The second-order valence-electron chi connectivity index (χ2n) is 6.78. The van der Waals surface area contributed by atoms with Gasteiger partial charge in [-0.2, -0.15) is 0 Å². The second kappa shape index (κ2) is 7.41. The molecule has 4 heteroatoms. The number of thiazole rings is 1. The third kappa shape index (κ3) is 3.81. The van der Waals surface area contributed by atoms with Crippen molar-refractivity contribution in [3.05, 3.63) is 92.9 Å². The highest BCUT2D eigenvalue weighted by Crippen LogP contribution is 2.33. The Balaban J connectivity index is 1.47. The summed E-state index contributed by atoms with van der Waals surface area (Å²) in [6.45, 7) is 1.57. The molecule has 4 rings (SSSR count). The highest BCUT2D eigenvalue weighted by molar-refractivity contribution is 7.09. The van der Waals surface area contributed by atoms with Crippen molar-refractivity contribution in [2.24, 2.45) is 0 Å². The molecule has 0 radical (unpaired) electrons. The van der Waals surface area contributed by atoms with E-state index in [2.05, 4.69) is 24.3 Å². The molecule has 1 aliphatic carbocycles. The Kier molecular flexibility index (Phi) is 4.82. The van der Waals surface area contributed by atoms with Gasteiger partial charge in [-0.3, -0.25) is 9.59 Å². The molecule has 1 heterocycles. The molecule has 134 valence electrons. The molecular weight excluding hydrogens is 354 g/mol. The number of rotatable bonds is 6. The monoisotopic (exact) mass is 373 g/mol. The van der Waals surface area contributed by atoms with E-state index in [1.54, 1.807) is 19.1 Å². The first-order chi connectivity index (χ1) is 13.1. The van der Waals surface area contributed by atoms with E-state index in [1.807, 2.05) is 23.6 Å². The van der Waals surface area contributed by atoms with Crippen molar-refractivity contribution >= 4 is 28.5 Å². The van der Waals surface area contributed by atoms with Gasteiger partial charge in [-0.05, 0) is 30.0 Å². The zero-order valence-electron chi connectivity index (χ0n) is 15.1. The van der Waals surface area contributed by atoms with Gasteiger partial charge < -0.3 is 0 Å². The van der Waals surface area contributed by atoms with E-state index in [0.717, 1.165) is 28.3 Å². The number of hydrogen-bond acceptors (Lipinski definition) is 4. The normalized spacial score (nSPS) is 12.6. The molecular formula is C23H19NO2S. The highest BCUT2D eigenvalue weighted by atomic mass is 32.1. The van der Waals surface area contributed by atoms with Crippen molar-refractivity contribution in [1.82, 2.24) is 4.98 Å². The zero-order chi connectivity index (χ0) is 18.8. The van der Waals surface area contributed by atoms with Crippen molar-refractivity contribution in [3.8, 4) is 0 Å². The Morgan fingerprint density at radius 2 is 1.81 bits per heavy atom. The maximum Gasteiger partial charge on any atom is 0.169 e. The van der Waals surface area contributed by atoms with Gasteiger partial charge in [0.25, 0.3) is 0 Å². The minimum atomic E-state index is 0.0473. The smallest absolute Gasteiger partial charge is 0.169 e. The van der Waals surface area contributed by atoms with Crippen molar-refractivity contribution < 1.29 is 9.59 Å². The molecule has 0 fully saturated rings. The molecule has 0 N–H and O–H groups in total. The molecule has 0 amide bonds. The summed E-state index contributed by atoms with van der Waals surface area (Å²) < 4.78 is 0. The van der Waals surface area contributed by atoms with Gasteiger partial charge in [0.1, 0.15) is 10.8 Å². The summed E-state index contributed by atoms with van der Waals surface area (Å²) in [5, 5.41) is 2.86. The van der Waals surface area contributed by atoms with E-state index in [0.29, 0.717) is 18.4 Å². The van der Waals surface area contributed by atoms with Crippen LogP contribution in [0.1, 0.15) is 44.7 Å². The van der Waals surface area contributed by atoms with E-state index in [1.165, 1.54) is 22.5 Å². The van der Waals surface area contributed by atoms with Crippen LogP contribution < -0.4 is 0 Å². The average Bonchev–Trinajstić information content (AvgIpc) is 3.28. The largest absolute Gasteiger partial charge is 0.300 e. The van der Waals surface area contributed by atoms with Gasteiger partial charge >= 0.3 is 0 Å². The molecule has 0 bridgehead atoms. The summed E-state index contributed by atoms with van der Waals surface area (Å²) in [4.78, 5) is 28.4. The molecule has 1 aromatic heterocycles. The van der Waals surface area contributed by atoms with Gasteiger partial charge in [0.05, 0.1) is 12.1 Å². The molecule has 3 aromatic rings. The maximum atomic E-state index is 12.6. The Morgan fingerprint density at radius 3 is 2.59 bits per heavy atom. The van der Waals surface area contributed by atoms with Crippen LogP contribution in [0.15, 0.2) is 60.0 Å². The van der Waals surface area contributed by atoms with E-state index in [9.17, 15) is 9.59 Å². The molecule has 0 unspecified atom stereocenters. The van der Waals surface area contributed by atoms with Crippen LogP contribution in [-0.4, -0.2) is 16.6 Å². The highest BCUT2D eigenvalue weighted by Gasteiger charge is 2.18. The van der Waals surface area contributed by atoms with Crippen LogP contribution in [0.3, 0.4) is 0 Å². The lowest BCUT2D eigenvalue weighted by Crippen LogP contribution is -2.04. The lowest BCUT2D eigenvalue weighted by atomic mass is 10.0. The molecule has 0 aliphatic heterocycles. The lowest BCUT2D eigenvalue weighted by molar-refractivity contribution is -0.116. The molecule has 2 aromatic carbocycles. The lowest BCUT2D eigenvalue weighted by Gasteiger charge is -2.03. The average molecular weight is 373 g/mol. The Bertz CT molecular complexity index is 1040. The van der Waals surface area contributed by atoms with Crippen LogP contribution in [0.2, 0.25) is 0 Å². The van der Waals surface area contributed by atoms with E-state index >= 15 is 0 Å². The van der Waals surface area contributed by atoms with Crippen molar-refractivity contribution in [2.45, 2.75) is 26.2 Å². The predicted octanol–water partition coefficient (Wildman–Crippen LogP) is 4.69. The quantitative estimate of drug-likeness (QED) is 0.589. The molecule has 0 saturated heterocycles. The topological polar surface area (TPSA) is 47.0 Å². The van der Waals surface area contributed by atoms with E-state index in [-0.39, 0.29) is 11.6 Å². The van der Waals surface area contributed by atoms with Gasteiger partial charge in [0, 0.05) is 22.9 Å². The first-order valence-electron chi connectivity index (χ1n) is 8.95. The number of Topliss-reactive ketones (excluding diaryl/α,β-unsaturated/α-hetero) is 2. The van der Waals surface area contributed by atoms with E-state index in [4.69, 9.17) is 4.98 Å². The SMILES string of the molecule is CC(=O)Cc1ccc(C(=O)Cc2nc(C3=CCc4ccccc43)cs2)cc1. The third-order valence-electron chi connectivity index (χ3n) is 4.70. The Hall–Kier alpha value is -2.85. The molecule has 1 aliphatic rings. The maximum absolute atomic E-state index is 12.6. The fourth-order valence-electron chi connectivity index (χ4n) is 3.38. The minimum Gasteiger partial charge on any atom is -0.300 e. The zero-order valence-corrected chi connectivity index (χ0v) is 15.9. The molecule has 0 spiro atoms. The fraction of sp³-hybridized carbons (Fsp3) is 0.174. The standard InChI is InChI=1S/C23H19NO2S/c1-15(25)12-16-6-8-18(9-7-16)22(26)13-23-24-21(14-27-23)20-11-10-17-4-2-3-5-19(17)20/h2-9,11,14H,10,12-13H2,1H3. The van der Waals surface area contributed by atoms with Crippen LogP contribution in [0.5, 0.6) is 0 Å². The second-order valence-corrected chi connectivity index (χ2v) is 7.72. The molecule has 3 nitrogen and oxygen atoms in total. The van der Waals surface area contributed by atoms with Crippen LogP contribution in [-0.2, 0) is 24.1 Å². The summed E-state index contributed by atoms with van der Waals surface area (Å²) in [7, 11) is 0. The number of allylic oxidation sites excluding steroid dienone is 1. The summed E-state index contributed by atoms with van der Waals surface area (Å²) in [6.07, 6.45) is 3.84. The fourth-order valence-corrected chi connectivity index (χ4v) is 4.17. The minimum absolute atomic E-state index is 0.0473. The molecule has 27 heavy (non-hydrogen) atoms. The van der Waals surface area contributed by atoms with Gasteiger partial charge in [0.2, 0.25) is 0 Å². The number of fused-ring (bicyclic) bond motifs is 1. The number of nitrogens with zero attached hydrogens (tertiary/aromatic N) is 1. The number of carbonyl (C=O) groups is 2. The van der Waals surface area contributed by atoms with Crippen LogP contribution >= 0.6 is 11.3 Å². The van der Waals surface area contributed by atoms with Gasteiger partial charge in [-0.15, -0.1) is 11.3 Å². The van der Waals surface area contributed by atoms with Crippen molar-refractivity contribution in [2.75, 3.05) is 0 Å².